The number of fused-ring (bicyclic) bond motifs is 2. The Morgan fingerprint density at radius 2 is 2.14 bits per heavy atom. The number of nitrogens with zero attached hydrogens (tertiary/aromatic N) is 2. The van der Waals surface area contributed by atoms with Crippen molar-refractivity contribution in [1.29, 1.82) is 0 Å². The summed E-state index contributed by atoms with van der Waals surface area (Å²) in [5.41, 5.74) is -0.891. The second-order valence-electron chi connectivity index (χ2n) is 8.98. The van der Waals surface area contributed by atoms with E-state index in [-0.39, 0.29) is 29.8 Å². The highest BCUT2D eigenvalue weighted by Gasteiger charge is 2.71. The molecule has 9 nitrogen and oxygen atoms in total. The first-order valence-electron chi connectivity index (χ1n) is 10.2. The van der Waals surface area contributed by atoms with Gasteiger partial charge in [-0.15, -0.1) is 0 Å². The van der Waals surface area contributed by atoms with Crippen LogP contribution in [0.3, 0.4) is 0 Å². The minimum Gasteiger partial charge on any atom is -0.471 e. The average Bonchev–Trinajstić information content (AvgIpc) is 2.99. The first-order valence-corrected chi connectivity index (χ1v) is 10.2. The van der Waals surface area contributed by atoms with Gasteiger partial charge in [0, 0.05) is 30.7 Å². The third-order valence-corrected chi connectivity index (χ3v) is 7.22. The van der Waals surface area contributed by atoms with E-state index in [0.717, 1.165) is 6.42 Å². The summed E-state index contributed by atoms with van der Waals surface area (Å²) in [6.45, 7) is 5.67. The Morgan fingerprint density at radius 3 is 2.86 bits per heavy atom. The molecule has 5 heterocycles. The van der Waals surface area contributed by atoms with Gasteiger partial charge in [0.2, 0.25) is 18.4 Å². The molecule has 1 aromatic rings. The maximum absolute atomic E-state index is 12.7. The van der Waals surface area contributed by atoms with Crippen LogP contribution in [0.4, 0.5) is 4.79 Å². The summed E-state index contributed by atoms with van der Waals surface area (Å²) in [5.74, 6) is -2.03. The molecule has 29 heavy (non-hydrogen) atoms. The molecule has 5 aliphatic rings. The van der Waals surface area contributed by atoms with Crippen LogP contribution in [0, 0.1) is 30.0 Å². The Hall–Kier alpha value is -1.97. The summed E-state index contributed by atoms with van der Waals surface area (Å²) < 4.78 is 20.6. The molecule has 1 unspecified atom stereocenters. The molecule has 158 valence electrons. The predicted molar refractivity (Wildman–Crippen MR) is 93.5 cm³/mol. The number of imidazole rings is 1. The third kappa shape index (κ3) is 2.67. The lowest BCUT2D eigenvalue weighted by molar-refractivity contribution is -0.674. The quantitative estimate of drug-likeness (QED) is 0.302. The molecule has 6 rings (SSSR count). The molecule has 4 aliphatic heterocycles. The second kappa shape index (κ2) is 6.26. The highest BCUT2D eigenvalue weighted by Crippen LogP contribution is 2.60. The van der Waals surface area contributed by atoms with Crippen molar-refractivity contribution in [1.82, 2.24) is 4.57 Å². The van der Waals surface area contributed by atoms with Crippen LogP contribution in [0.2, 0.25) is 0 Å². The van der Waals surface area contributed by atoms with Gasteiger partial charge in [0.1, 0.15) is 0 Å². The van der Waals surface area contributed by atoms with Gasteiger partial charge in [0.15, 0.2) is 5.60 Å². The highest BCUT2D eigenvalue weighted by atomic mass is 17.3. The molecular weight excluding hydrogens is 380 g/mol. The number of carbonyl (C=O) groups is 2. The van der Waals surface area contributed by atoms with Gasteiger partial charge in [-0.05, 0) is 25.7 Å². The zero-order valence-electron chi connectivity index (χ0n) is 17.0. The standard InChI is InChI=1S/C20H26N2O7/c1-11-13-5-6-19(3)27-17-20(13,29-28-19)14(12(2)16(23)26-17)9-15(11)25-18(24)22-8-7-21(4)10-22/h7-8,11-15,17H,5-6,9H2,1-4H3/t11-,12+,13-,14-,15-,17+,19?,20+/m0/s1. The van der Waals surface area contributed by atoms with Gasteiger partial charge in [-0.3, -0.25) is 14.2 Å². The molecular formula is C20H26N2O7. The fourth-order valence-electron chi connectivity index (χ4n) is 5.55. The van der Waals surface area contributed by atoms with Crippen LogP contribution in [-0.4, -0.2) is 40.4 Å². The second-order valence-corrected chi connectivity index (χ2v) is 8.98. The van der Waals surface area contributed by atoms with Gasteiger partial charge in [-0.1, -0.05) is 13.8 Å². The van der Waals surface area contributed by atoms with Gasteiger partial charge in [0.25, 0.3) is 0 Å². The lowest BCUT2D eigenvalue weighted by Crippen LogP contribution is -2.71. The van der Waals surface area contributed by atoms with Crippen molar-refractivity contribution in [3.05, 3.63) is 18.7 Å². The zero-order valence-corrected chi connectivity index (χ0v) is 17.0. The predicted octanol–water partition coefficient (Wildman–Crippen LogP) is 1.48. The minimum atomic E-state index is -0.959. The topological polar surface area (TPSA) is 89.1 Å². The number of aryl methyl sites for hydroxylation is 1. The van der Waals surface area contributed by atoms with E-state index in [1.165, 1.54) is 4.57 Å². The van der Waals surface area contributed by atoms with Crippen molar-refractivity contribution in [3.8, 4) is 0 Å². The molecule has 1 spiro atoms. The summed E-state index contributed by atoms with van der Waals surface area (Å²) in [7, 11) is 1.78. The van der Waals surface area contributed by atoms with Gasteiger partial charge >= 0.3 is 12.1 Å². The summed E-state index contributed by atoms with van der Waals surface area (Å²) in [4.78, 5) is 36.9. The van der Waals surface area contributed by atoms with Crippen molar-refractivity contribution in [2.45, 2.75) is 63.8 Å². The molecule has 5 fully saturated rings. The van der Waals surface area contributed by atoms with E-state index in [1.807, 2.05) is 6.92 Å². The molecule has 1 saturated carbocycles. The fourth-order valence-corrected chi connectivity index (χ4v) is 5.55. The highest BCUT2D eigenvalue weighted by molar-refractivity contribution is 5.74. The van der Waals surface area contributed by atoms with Gasteiger partial charge in [-0.25, -0.2) is 9.78 Å². The normalized spacial score (nSPS) is 45.9. The molecule has 8 atom stereocenters. The SMILES string of the molecule is C[C@@H]1[C@@H](OC(=O)n2[c-][n+](C)cc2)C[C@H]2[C@@H](C)C(=O)O[C@@H]3OC4(C)CC[C@@H]1[C@]32OO4. The van der Waals surface area contributed by atoms with E-state index < -0.39 is 29.7 Å². The van der Waals surface area contributed by atoms with Crippen LogP contribution in [0.15, 0.2) is 12.4 Å². The van der Waals surface area contributed by atoms with Gasteiger partial charge < -0.3 is 18.8 Å². The van der Waals surface area contributed by atoms with E-state index in [1.54, 1.807) is 30.9 Å². The largest absolute Gasteiger partial charge is 0.471 e. The lowest BCUT2D eigenvalue weighted by atomic mass is 9.57. The smallest absolute Gasteiger partial charge is 0.423 e. The molecule has 1 aromatic heterocycles. The number of aromatic nitrogens is 2. The Kier molecular flexibility index (Phi) is 4.11. The third-order valence-electron chi connectivity index (χ3n) is 7.22. The van der Waals surface area contributed by atoms with Crippen molar-refractivity contribution >= 4 is 12.1 Å². The van der Waals surface area contributed by atoms with Crippen LogP contribution in [0.1, 0.15) is 40.0 Å². The number of hydrogen-bond acceptors (Lipinski definition) is 7. The van der Waals surface area contributed by atoms with Crippen molar-refractivity contribution in [3.63, 3.8) is 0 Å². The van der Waals surface area contributed by atoms with Crippen LogP contribution in [0.25, 0.3) is 0 Å². The molecule has 0 radical (unpaired) electrons. The number of ether oxygens (including phenoxy) is 3. The van der Waals surface area contributed by atoms with Crippen LogP contribution >= 0.6 is 0 Å². The molecule has 2 bridgehead atoms. The van der Waals surface area contributed by atoms with Crippen LogP contribution in [0.5, 0.6) is 0 Å². The summed E-state index contributed by atoms with van der Waals surface area (Å²) in [6.07, 6.45) is 6.32. The molecule has 1 aliphatic carbocycles. The van der Waals surface area contributed by atoms with E-state index in [4.69, 9.17) is 24.0 Å². The number of rotatable bonds is 1. The summed E-state index contributed by atoms with van der Waals surface area (Å²) in [6, 6.07) is 0. The lowest BCUT2D eigenvalue weighted by Gasteiger charge is -2.59. The minimum absolute atomic E-state index is 0.0290. The Labute approximate surface area is 168 Å². The van der Waals surface area contributed by atoms with E-state index in [0.29, 0.717) is 12.8 Å². The van der Waals surface area contributed by atoms with Crippen LogP contribution in [-0.2, 0) is 35.8 Å². The van der Waals surface area contributed by atoms with Crippen molar-refractivity contribution in [2.24, 2.45) is 30.7 Å². The molecule has 4 saturated heterocycles. The van der Waals surface area contributed by atoms with Crippen molar-refractivity contribution < 1.29 is 38.1 Å². The summed E-state index contributed by atoms with van der Waals surface area (Å²) >= 11 is 0. The van der Waals surface area contributed by atoms with Gasteiger partial charge in [-0.2, -0.15) is 0 Å². The summed E-state index contributed by atoms with van der Waals surface area (Å²) in [5, 5.41) is 0. The average molecular weight is 406 g/mol. The van der Waals surface area contributed by atoms with E-state index >= 15 is 0 Å². The monoisotopic (exact) mass is 406 g/mol. The molecule has 9 heteroatoms. The number of esters is 1. The number of carbonyl (C=O) groups excluding carboxylic acids is 2. The molecule has 0 aromatic carbocycles. The maximum Gasteiger partial charge on any atom is 0.423 e. The number of hydrogen-bond donors (Lipinski definition) is 0. The Balaban J connectivity index is 1.49. The van der Waals surface area contributed by atoms with E-state index in [9.17, 15) is 9.59 Å². The first-order chi connectivity index (χ1) is 13.7. The first kappa shape index (κ1) is 19.0. The molecule has 0 N–H and O–H groups in total. The van der Waals surface area contributed by atoms with Gasteiger partial charge in [0.05, 0.1) is 19.1 Å². The molecule has 0 amide bonds. The fraction of sp³-hybridized carbons (Fsp3) is 0.750. The Bertz CT molecular complexity index is 856. The van der Waals surface area contributed by atoms with Crippen molar-refractivity contribution in [2.75, 3.05) is 0 Å². The maximum atomic E-state index is 12.7. The Morgan fingerprint density at radius 1 is 1.34 bits per heavy atom. The van der Waals surface area contributed by atoms with E-state index in [2.05, 4.69) is 13.3 Å². The van der Waals surface area contributed by atoms with Crippen LogP contribution < -0.4 is 4.57 Å². The zero-order chi connectivity index (χ0) is 20.6.